The summed E-state index contributed by atoms with van der Waals surface area (Å²) < 4.78 is 19.6. The molecule has 3 aromatic carbocycles. The maximum Gasteiger partial charge on any atom is 0.323 e. The molecule has 2 amide bonds. The summed E-state index contributed by atoms with van der Waals surface area (Å²) in [6, 6.07) is 18.6. The van der Waals surface area contributed by atoms with Crippen LogP contribution in [0.1, 0.15) is 18.1 Å². The number of aryl methyl sites for hydroxylation is 2. The van der Waals surface area contributed by atoms with Crippen molar-refractivity contribution in [2.45, 2.75) is 20.3 Å². The average molecular weight is 450 g/mol. The molecule has 4 rings (SSSR count). The van der Waals surface area contributed by atoms with Crippen LogP contribution >= 0.6 is 11.6 Å². The van der Waals surface area contributed by atoms with E-state index in [-0.39, 0.29) is 11.8 Å². The SMILES string of the molecule is CCc1cc(NC(=O)Nc2ccc(Oc3ccc4cc(C)c(F)cc4n3)cc2)ccc1Cl. The fourth-order valence-electron chi connectivity index (χ4n) is 3.24. The molecule has 0 aliphatic rings. The summed E-state index contributed by atoms with van der Waals surface area (Å²) in [5, 5.41) is 7.08. The van der Waals surface area contributed by atoms with Gasteiger partial charge in [-0.25, -0.2) is 14.2 Å². The molecule has 0 fully saturated rings. The number of rotatable bonds is 5. The Morgan fingerprint density at radius 3 is 2.47 bits per heavy atom. The number of urea groups is 1. The molecule has 7 heteroatoms. The maximum absolute atomic E-state index is 13.8. The number of nitrogens with zero attached hydrogens (tertiary/aromatic N) is 1. The molecular formula is C25H21ClFN3O2. The zero-order valence-corrected chi connectivity index (χ0v) is 18.3. The standard InChI is InChI=1S/C25H21ClFN3O2/c1-3-16-13-19(7-10-21(16)26)29-25(31)28-18-5-8-20(9-6-18)32-24-11-4-17-12-15(2)22(27)14-23(17)30-24/h4-14H,3H2,1-2H3,(H2,28,29,31). The van der Waals surface area contributed by atoms with Crippen molar-refractivity contribution < 1.29 is 13.9 Å². The van der Waals surface area contributed by atoms with Gasteiger partial charge in [0, 0.05) is 33.9 Å². The second-order valence-corrected chi connectivity index (χ2v) is 7.72. The Morgan fingerprint density at radius 1 is 1.00 bits per heavy atom. The first-order valence-corrected chi connectivity index (χ1v) is 10.5. The number of hydrogen-bond donors (Lipinski definition) is 2. The number of hydrogen-bond acceptors (Lipinski definition) is 3. The summed E-state index contributed by atoms with van der Waals surface area (Å²) in [7, 11) is 0. The number of halogens is 2. The number of anilines is 2. The quantitative estimate of drug-likeness (QED) is 0.335. The molecule has 4 aromatic rings. The van der Waals surface area contributed by atoms with E-state index in [1.165, 1.54) is 6.07 Å². The zero-order valence-electron chi connectivity index (χ0n) is 17.6. The van der Waals surface area contributed by atoms with Crippen LogP contribution in [0, 0.1) is 12.7 Å². The van der Waals surface area contributed by atoms with Crippen LogP contribution in [-0.4, -0.2) is 11.0 Å². The molecule has 2 N–H and O–H groups in total. The highest BCUT2D eigenvalue weighted by Gasteiger charge is 2.07. The predicted octanol–water partition coefficient (Wildman–Crippen LogP) is 7.33. The van der Waals surface area contributed by atoms with Crippen molar-refractivity contribution in [3.8, 4) is 11.6 Å². The van der Waals surface area contributed by atoms with Gasteiger partial charge in [-0.15, -0.1) is 0 Å². The molecule has 5 nitrogen and oxygen atoms in total. The van der Waals surface area contributed by atoms with Gasteiger partial charge in [-0.2, -0.15) is 0 Å². The Labute approximate surface area is 190 Å². The predicted molar refractivity (Wildman–Crippen MR) is 126 cm³/mol. The number of pyridine rings is 1. The van der Waals surface area contributed by atoms with Crippen molar-refractivity contribution in [1.29, 1.82) is 0 Å². The molecule has 0 radical (unpaired) electrons. The summed E-state index contributed by atoms with van der Waals surface area (Å²) >= 11 is 6.12. The Morgan fingerprint density at radius 2 is 1.72 bits per heavy atom. The first-order chi connectivity index (χ1) is 15.4. The lowest BCUT2D eigenvalue weighted by Crippen LogP contribution is -2.19. The molecule has 0 atom stereocenters. The van der Waals surface area contributed by atoms with E-state index < -0.39 is 0 Å². The molecule has 0 saturated heterocycles. The van der Waals surface area contributed by atoms with Crippen LogP contribution in [0.2, 0.25) is 5.02 Å². The highest BCUT2D eigenvalue weighted by Crippen LogP contribution is 2.26. The van der Waals surface area contributed by atoms with Gasteiger partial charge < -0.3 is 15.4 Å². The second kappa shape index (κ2) is 9.24. The van der Waals surface area contributed by atoms with Crippen molar-refractivity contribution in [1.82, 2.24) is 4.98 Å². The van der Waals surface area contributed by atoms with Gasteiger partial charge in [0.05, 0.1) is 5.52 Å². The molecule has 0 saturated carbocycles. The smallest absolute Gasteiger partial charge is 0.323 e. The third kappa shape index (κ3) is 4.98. The normalized spacial score (nSPS) is 10.8. The minimum absolute atomic E-state index is 0.305. The third-order valence-corrected chi connectivity index (χ3v) is 5.33. The number of ether oxygens (including phenoxy) is 1. The molecule has 1 aromatic heterocycles. The fourth-order valence-corrected chi connectivity index (χ4v) is 3.49. The minimum Gasteiger partial charge on any atom is -0.439 e. The second-order valence-electron chi connectivity index (χ2n) is 7.31. The Kier molecular flexibility index (Phi) is 6.23. The summed E-state index contributed by atoms with van der Waals surface area (Å²) in [6.07, 6.45) is 0.776. The number of benzene rings is 3. The first kappa shape index (κ1) is 21.6. The lowest BCUT2D eigenvalue weighted by Gasteiger charge is -2.10. The first-order valence-electron chi connectivity index (χ1n) is 10.1. The minimum atomic E-state index is -0.364. The number of amides is 2. The highest BCUT2D eigenvalue weighted by atomic mass is 35.5. The molecule has 32 heavy (non-hydrogen) atoms. The zero-order chi connectivity index (χ0) is 22.7. The van der Waals surface area contributed by atoms with E-state index in [1.54, 1.807) is 55.5 Å². The van der Waals surface area contributed by atoms with Crippen LogP contribution in [0.4, 0.5) is 20.6 Å². The molecule has 0 bridgehead atoms. The average Bonchev–Trinajstić information content (AvgIpc) is 2.77. The Bertz CT molecular complexity index is 1290. The van der Waals surface area contributed by atoms with E-state index in [2.05, 4.69) is 15.6 Å². The van der Waals surface area contributed by atoms with E-state index in [0.717, 1.165) is 17.4 Å². The van der Waals surface area contributed by atoms with Crippen LogP contribution in [0.3, 0.4) is 0 Å². The van der Waals surface area contributed by atoms with Crippen molar-refractivity contribution in [3.63, 3.8) is 0 Å². The number of carbonyl (C=O) groups excluding carboxylic acids is 1. The summed E-state index contributed by atoms with van der Waals surface area (Å²) in [4.78, 5) is 16.7. The van der Waals surface area contributed by atoms with Gasteiger partial charge in [-0.05, 0) is 79.1 Å². The van der Waals surface area contributed by atoms with Gasteiger partial charge in [-0.1, -0.05) is 18.5 Å². The summed E-state index contributed by atoms with van der Waals surface area (Å²) in [5.74, 6) is 0.592. The lowest BCUT2D eigenvalue weighted by atomic mass is 10.1. The van der Waals surface area contributed by atoms with Crippen LogP contribution < -0.4 is 15.4 Å². The highest BCUT2D eigenvalue weighted by molar-refractivity contribution is 6.31. The maximum atomic E-state index is 13.8. The molecule has 0 unspecified atom stereocenters. The van der Waals surface area contributed by atoms with Gasteiger partial charge in [0.1, 0.15) is 11.6 Å². The Hall–Kier alpha value is -3.64. The van der Waals surface area contributed by atoms with Crippen LogP contribution in [0.15, 0.2) is 66.7 Å². The van der Waals surface area contributed by atoms with E-state index in [9.17, 15) is 9.18 Å². The monoisotopic (exact) mass is 449 g/mol. The van der Waals surface area contributed by atoms with Crippen LogP contribution in [-0.2, 0) is 6.42 Å². The molecule has 0 aliphatic heterocycles. The fraction of sp³-hybridized carbons (Fsp3) is 0.120. The topological polar surface area (TPSA) is 63.2 Å². The van der Waals surface area contributed by atoms with E-state index >= 15 is 0 Å². The van der Waals surface area contributed by atoms with Crippen LogP contribution in [0.5, 0.6) is 11.6 Å². The Balaban J connectivity index is 1.40. The van der Waals surface area contributed by atoms with E-state index in [4.69, 9.17) is 16.3 Å². The third-order valence-electron chi connectivity index (χ3n) is 4.96. The van der Waals surface area contributed by atoms with E-state index in [0.29, 0.717) is 39.1 Å². The van der Waals surface area contributed by atoms with Gasteiger partial charge in [0.15, 0.2) is 0 Å². The number of nitrogens with one attached hydrogen (secondary N) is 2. The largest absolute Gasteiger partial charge is 0.439 e. The van der Waals surface area contributed by atoms with Gasteiger partial charge in [-0.3, -0.25) is 0 Å². The van der Waals surface area contributed by atoms with Crippen molar-refractivity contribution in [2.24, 2.45) is 0 Å². The number of fused-ring (bicyclic) bond motifs is 1. The van der Waals surface area contributed by atoms with E-state index in [1.807, 2.05) is 19.1 Å². The molecular weight excluding hydrogens is 429 g/mol. The van der Waals surface area contributed by atoms with Gasteiger partial charge >= 0.3 is 6.03 Å². The molecule has 0 spiro atoms. The van der Waals surface area contributed by atoms with Crippen molar-refractivity contribution in [2.75, 3.05) is 10.6 Å². The van der Waals surface area contributed by atoms with Gasteiger partial charge in [0.2, 0.25) is 5.88 Å². The number of carbonyl (C=O) groups is 1. The van der Waals surface area contributed by atoms with Crippen molar-refractivity contribution in [3.05, 3.63) is 88.7 Å². The molecule has 0 aliphatic carbocycles. The van der Waals surface area contributed by atoms with Crippen LogP contribution in [0.25, 0.3) is 10.9 Å². The number of aromatic nitrogens is 1. The van der Waals surface area contributed by atoms with Gasteiger partial charge in [0.25, 0.3) is 0 Å². The lowest BCUT2D eigenvalue weighted by molar-refractivity contribution is 0.262. The van der Waals surface area contributed by atoms with Crippen molar-refractivity contribution >= 4 is 39.9 Å². The summed E-state index contributed by atoms with van der Waals surface area (Å²) in [5.41, 5.74) is 3.32. The summed E-state index contributed by atoms with van der Waals surface area (Å²) in [6.45, 7) is 3.72. The molecule has 1 heterocycles. The molecule has 162 valence electrons.